The number of guanidine groups is 1. The highest BCUT2D eigenvalue weighted by molar-refractivity contribution is 5.79. The number of aliphatic carboxylic acids is 1. The van der Waals surface area contributed by atoms with Gasteiger partial charge in [0.1, 0.15) is 12.6 Å². The summed E-state index contributed by atoms with van der Waals surface area (Å²) in [5.74, 6) is -1.61. The maximum absolute atomic E-state index is 11.7. The van der Waals surface area contributed by atoms with Crippen LogP contribution in [0, 0.1) is 10.1 Å². The van der Waals surface area contributed by atoms with Crippen molar-refractivity contribution in [1.29, 1.82) is 0 Å². The summed E-state index contributed by atoms with van der Waals surface area (Å²) in [5, 5.41) is 20.6. The molecule has 0 radical (unpaired) electrons. The van der Waals surface area contributed by atoms with Crippen molar-refractivity contribution in [3.8, 4) is 0 Å². The number of carbonyl (C=O) groups excluding carboxylic acids is 1. The monoisotopic (exact) mass is 353 g/mol. The van der Waals surface area contributed by atoms with E-state index in [1.807, 2.05) is 6.07 Å². The van der Waals surface area contributed by atoms with Crippen molar-refractivity contribution < 1.29 is 24.5 Å². The van der Waals surface area contributed by atoms with Gasteiger partial charge in [-0.05, 0) is 18.4 Å². The highest BCUT2D eigenvalue weighted by atomic mass is 16.7. The van der Waals surface area contributed by atoms with Crippen molar-refractivity contribution in [3.63, 3.8) is 0 Å². The first-order chi connectivity index (χ1) is 11.9. The van der Waals surface area contributed by atoms with Crippen molar-refractivity contribution in [3.05, 3.63) is 46.0 Å². The van der Waals surface area contributed by atoms with E-state index in [1.54, 1.807) is 29.7 Å². The van der Waals surface area contributed by atoms with Crippen LogP contribution in [0.25, 0.3) is 0 Å². The van der Waals surface area contributed by atoms with E-state index in [1.165, 1.54) is 0 Å². The largest absolute Gasteiger partial charge is 0.480 e. The zero-order chi connectivity index (χ0) is 18.7. The summed E-state index contributed by atoms with van der Waals surface area (Å²) in [4.78, 5) is 36.6. The summed E-state index contributed by atoms with van der Waals surface area (Å²) in [5.41, 5.74) is 7.65. The van der Waals surface area contributed by atoms with Gasteiger partial charge in [0.05, 0.1) is 0 Å². The molecule has 0 saturated carbocycles. The summed E-state index contributed by atoms with van der Waals surface area (Å²) in [6.45, 7) is 0.0869. The van der Waals surface area contributed by atoms with E-state index in [0.717, 1.165) is 5.56 Å². The van der Waals surface area contributed by atoms with E-state index >= 15 is 0 Å². The maximum Gasteiger partial charge on any atom is 0.408 e. The van der Waals surface area contributed by atoms with Crippen molar-refractivity contribution in [2.45, 2.75) is 25.5 Å². The van der Waals surface area contributed by atoms with Gasteiger partial charge < -0.3 is 20.9 Å². The quantitative estimate of drug-likeness (QED) is 0.161. The molecule has 11 heteroatoms. The minimum absolute atomic E-state index is 0.0202. The fraction of sp³-hybridized carbons (Fsp3) is 0.357. The van der Waals surface area contributed by atoms with Gasteiger partial charge in [0, 0.05) is 6.54 Å². The van der Waals surface area contributed by atoms with Gasteiger partial charge in [-0.3, -0.25) is 0 Å². The van der Waals surface area contributed by atoms with Crippen LogP contribution >= 0.6 is 0 Å². The number of amides is 1. The third-order valence-electron chi connectivity index (χ3n) is 2.94. The number of nitrogens with two attached hydrogens (primary N) is 1. The number of carbonyl (C=O) groups is 2. The number of rotatable bonds is 9. The number of ether oxygens (including phenoxy) is 1. The molecule has 136 valence electrons. The van der Waals surface area contributed by atoms with Gasteiger partial charge in [0.25, 0.3) is 5.96 Å². The predicted octanol–water partition coefficient (Wildman–Crippen LogP) is 0.242. The van der Waals surface area contributed by atoms with Crippen LogP contribution in [-0.2, 0) is 16.1 Å². The fourth-order valence-corrected chi connectivity index (χ4v) is 1.79. The van der Waals surface area contributed by atoms with E-state index in [9.17, 15) is 19.7 Å². The molecule has 0 aliphatic carbocycles. The lowest BCUT2D eigenvalue weighted by Gasteiger charge is -2.14. The number of hydrazine groups is 1. The molecule has 0 heterocycles. The number of alkyl carbamates (subject to hydrolysis) is 1. The van der Waals surface area contributed by atoms with Crippen molar-refractivity contribution in [1.82, 2.24) is 10.7 Å². The predicted molar refractivity (Wildman–Crippen MR) is 87.0 cm³/mol. The molecule has 1 aromatic rings. The normalized spacial score (nSPS) is 12.1. The molecule has 1 aromatic carbocycles. The number of carboxylic acids is 1. The Morgan fingerprint density at radius 3 is 2.64 bits per heavy atom. The fourth-order valence-electron chi connectivity index (χ4n) is 1.79. The lowest BCUT2D eigenvalue weighted by molar-refractivity contribution is -0.525. The van der Waals surface area contributed by atoms with Crippen LogP contribution in [0.1, 0.15) is 18.4 Å². The number of carboxylic acid groups (broad SMARTS) is 1. The Bertz CT molecular complexity index is 621. The van der Waals surface area contributed by atoms with Gasteiger partial charge in [0.2, 0.25) is 0 Å². The smallest absolute Gasteiger partial charge is 0.408 e. The van der Waals surface area contributed by atoms with E-state index in [4.69, 9.17) is 15.6 Å². The number of nitrogens with one attached hydrogen (secondary N) is 2. The Morgan fingerprint density at radius 1 is 1.36 bits per heavy atom. The Morgan fingerprint density at radius 2 is 2.04 bits per heavy atom. The average Bonchev–Trinajstić information content (AvgIpc) is 2.55. The minimum Gasteiger partial charge on any atom is -0.480 e. The first-order valence-corrected chi connectivity index (χ1v) is 7.29. The first kappa shape index (κ1) is 19.7. The Balaban J connectivity index is 2.37. The zero-order valence-corrected chi connectivity index (χ0v) is 13.3. The summed E-state index contributed by atoms with van der Waals surface area (Å²) < 4.78 is 4.95. The van der Waals surface area contributed by atoms with Gasteiger partial charge in [-0.15, -0.1) is 0 Å². The van der Waals surface area contributed by atoms with Crippen LogP contribution in [0.4, 0.5) is 4.79 Å². The van der Waals surface area contributed by atoms with E-state index in [0.29, 0.717) is 0 Å². The Hall–Kier alpha value is -3.37. The summed E-state index contributed by atoms with van der Waals surface area (Å²) >= 11 is 0. The Labute approximate surface area is 143 Å². The highest BCUT2D eigenvalue weighted by Crippen LogP contribution is 2.03. The zero-order valence-electron chi connectivity index (χ0n) is 13.3. The van der Waals surface area contributed by atoms with Crippen LogP contribution < -0.4 is 16.5 Å². The van der Waals surface area contributed by atoms with E-state index in [-0.39, 0.29) is 32.0 Å². The second kappa shape index (κ2) is 10.4. The highest BCUT2D eigenvalue weighted by Gasteiger charge is 2.20. The van der Waals surface area contributed by atoms with Gasteiger partial charge in [-0.1, -0.05) is 35.8 Å². The molecule has 5 N–H and O–H groups in total. The summed E-state index contributed by atoms with van der Waals surface area (Å²) in [7, 11) is 0. The lowest BCUT2D eigenvalue weighted by Crippen LogP contribution is -2.41. The second-order valence-corrected chi connectivity index (χ2v) is 4.87. The van der Waals surface area contributed by atoms with Crippen molar-refractivity contribution in [2.75, 3.05) is 6.54 Å². The van der Waals surface area contributed by atoms with Crippen LogP contribution in [0.5, 0.6) is 0 Å². The Kier molecular flexibility index (Phi) is 8.20. The molecule has 1 atom stereocenters. The van der Waals surface area contributed by atoms with Gasteiger partial charge >= 0.3 is 12.1 Å². The molecule has 1 amide bonds. The first-order valence-electron chi connectivity index (χ1n) is 7.29. The van der Waals surface area contributed by atoms with Crippen LogP contribution in [0.2, 0.25) is 0 Å². The SMILES string of the molecule is NC(=NCCC[C@@H](NC(=O)OCc1ccccc1)C(=O)O)N[N+](=O)[O-]. The van der Waals surface area contributed by atoms with Crippen LogP contribution in [-0.4, -0.2) is 40.7 Å². The third-order valence-corrected chi connectivity index (χ3v) is 2.94. The summed E-state index contributed by atoms with van der Waals surface area (Å²) in [6.07, 6.45) is -0.546. The second-order valence-electron chi connectivity index (χ2n) is 4.87. The number of hydrogen-bond donors (Lipinski definition) is 4. The lowest BCUT2D eigenvalue weighted by atomic mass is 10.1. The van der Waals surface area contributed by atoms with Gasteiger partial charge in [-0.25, -0.2) is 24.7 Å². The van der Waals surface area contributed by atoms with E-state index < -0.39 is 23.1 Å². The van der Waals surface area contributed by atoms with Crippen LogP contribution in [0.15, 0.2) is 35.3 Å². The molecular formula is C14H19N5O6. The molecular weight excluding hydrogens is 334 g/mol. The molecule has 1 rings (SSSR count). The maximum atomic E-state index is 11.7. The van der Waals surface area contributed by atoms with Crippen molar-refractivity contribution in [2.24, 2.45) is 10.7 Å². The molecule has 11 nitrogen and oxygen atoms in total. The third kappa shape index (κ3) is 8.74. The molecule has 0 spiro atoms. The standard InChI is InChI=1S/C14H19N5O6/c15-13(18-19(23)24)16-8-4-7-11(12(20)21)17-14(22)25-9-10-5-2-1-3-6-10/h1-3,5-6,11H,4,7-9H2,(H,17,22)(H,20,21)(H3,15,16,18)/t11-/m1/s1. The number of nitrogens with zero attached hydrogens (tertiary/aromatic N) is 2. The number of nitro groups is 1. The van der Waals surface area contributed by atoms with Crippen LogP contribution in [0.3, 0.4) is 0 Å². The molecule has 0 unspecified atom stereocenters. The van der Waals surface area contributed by atoms with E-state index in [2.05, 4.69) is 10.3 Å². The molecule has 25 heavy (non-hydrogen) atoms. The number of hydrogen-bond acceptors (Lipinski definition) is 6. The van der Waals surface area contributed by atoms with Gasteiger partial charge in [0.15, 0.2) is 5.03 Å². The minimum atomic E-state index is -1.22. The molecule has 0 saturated heterocycles. The topological polar surface area (TPSA) is 169 Å². The van der Waals surface area contributed by atoms with Gasteiger partial charge in [-0.2, -0.15) is 0 Å². The number of aliphatic imine (C=N–C) groups is 1. The molecule has 0 aliphatic heterocycles. The molecule has 0 fully saturated rings. The van der Waals surface area contributed by atoms with Crippen molar-refractivity contribution >= 4 is 18.0 Å². The molecule has 0 aromatic heterocycles. The summed E-state index contributed by atoms with van der Waals surface area (Å²) in [6, 6.07) is 7.77. The molecule has 0 bridgehead atoms. The number of benzene rings is 1. The average molecular weight is 353 g/mol. The molecule has 0 aliphatic rings.